The number of hydrogen-bond acceptors (Lipinski definition) is 1. The largest absolute Gasteiger partial charge is 0.356 e. The second-order valence-electron chi connectivity index (χ2n) is 4.72. The van der Waals surface area contributed by atoms with Gasteiger partial charge in [-0.2, -0.15) is 0 Å². The molecule has 0 aromatic carbocycles. The highest BCUT2D eigenvalue weighted by molar-refractivity contribution is 14.0. The van der Waals surface area contributed by atoms with Crippen molar-refractivity contribution in [1.82, 2.24) is 10.6 Å². The third kappa shape index (κ3) is 7.84. The molecule has 0 saturated heterocycles. The summed E-state index contributed by atoms with van der Waals surface area (Å²) in [4.78, 5) is 4.19. The summed E-state index contributed by atoms with van der Waals surface area (Å²) in [6.07, 6.45) is 9.64. The van der Waals surface area contributed by atoms with Crippen molar-refractivity contribution in [2.45, 2.75) is 51.9 Å². The minimum Gasteiger partial charge on any atom is -0.356 e. The maximum Gasteiger partial charge on any atom is 0.190 e. The summed E-state index contributed by atoms with van der Waals surface area (Å²) in [6.45, 7) is 4.22. The minimum atomic E-state index is 0. The molecule has 1 aliphatic rings. The lowest BCUT2D eigenvalue weighted by Crippen LogP contribution is -2.38. The Morgan fingerprint density at radius 2 is 1.82 bits per heavy atom. The number of halogens is 1. The fraction of sp³-hybridized carbons (Fsp3) is 0.923. The first-order chi connectivity index (χ1) is 7.86. The maximum absolute atomic E-state index is 4.19. The first kappa shape index (κ1) is 17.0. The van der Waals surface area contributed by atoms with Crippen LogP contribution in [0.1, 0.15) is 51.9 Å². The Morgan fingerprint density at radius 3 is 2.41 bits per heavy atom. The Kier molecular flexibility index (Phi) is 11.1. The molecule has 1 saturated carbocycles. The van der Waals surface area contributed by atoms with E-state index in [0.29, 0.717) is 0 Å². The van der Waals surface area contributed by atoms with Crippen LogP contribution in [0.3, 0.4) is 0 Å². The van der Waals surface area contributed by atoms with E-state index in [1.165, 1.54) is 38.5 Å². The van der Waals surface area contributed by atoms with Gasteiger partial charge in [0, 0.05) is 20.1 Å². The van der Waals surface area contributed by atoms with Crippen LogP contribution in [0.15, 0.2) is 4.99 Å². The van der Waals surface area contributed by atoms with Gasteiger partial charge in [-0.15, -0.1) is 24.0 Å². The van der Waals surface area contributed by atoms with Gasteiger partial charge in [-0.1, -0.05) is 32.6 Å². The van der Waals surface area contributed by atoms with E-state index in [9.17, 15) is 0 Å². The van der Waals surface area contributed by atoms with Gasteiger partial charge in [0.15, 0.2) is 5.96 Å². The van der Waals surface area contributed by atoms with E-state index >= 15 is 0 Å². The molecule has 4 heteroatoms. The molecule has 1 rings (SSSR count). The topological polar surface area (TPSA) is 36.4 Å². The van der Waals surface area contributed by atoms with Crippen molar-refractivity contribution in [3.8, 4) is 0 Å². The first-order valence-electron chi connectivity index (χ1n) is 6.81. The Morgan fingerprint density at radius 1 is 1.18 bits per heavy atom. The molecule has 0 radical (unpaired) electrons. The van der Waals surface area contributed by atoms with Crippen molar-refractivity contribution in [3.05, 3.63) is 0 Å². The van der Waals surface area contributed by atoms with E-state index < -0.39 is 0 Å². The molecule has 0 spiro atoms. The zero-order valence-electron chi connectivity index (χ0n) is 11.3. The fourth-order valence-corrected chi connectivity index (χ4v) is 2.36. The number of nitrogens with one attached hydrogen (secondary N) is 2. The van der Waals surface area contributed by atoms with Crippen LogP contribution in [0.5, 0.6) is 0 Å². The number of aliphatic imine (C=N–C) groups is 1. The highest BCUT2D eigenvalue weighted by atomic mass is 127. The fourth-order valence-electron chi connectivity index (χ4n) is 2.36. The molecule has 1 aliphatic carbocycles. The van der Waals surface area contributed by atoms with E-state index in [2.05, 4.69) is 22.5 Å². The summed E-state index contributed by atoms with van der Waals surface area (Å²) in [7, 11) is 1.84. The summed E-state index contributed by atoms with van der Waals surface area (Å²) in [5.74, 6) is 1.96. The third-order valence-electron chi connectivity index (χ3n) is 3.32. The highest BCUT2D eigenvalue weighted by Gasteiger charge is 2.13. The summed E-state index contributed by atoms with van der Waals surface area (Å²) in [6, 6.07) is 0. The summed E-state index contributed by atoms with van der Waals surface area (Å²) >= 11 is 0. The van der Waals surface area contributed by atoms with Gasteiger partial charge in [-0.3, -0.25) is 4.99 Å². The van der Waals surface area contributed by atoms with Crippen molar-refractivity contribution in [2.24, 2.45) is 10.9 Å². The van der Waals surface area contributed by atoms with E-state index in [1.54, 1.807) is 0 Å². The van der Waals surface area contributed by atoms with Crippen LogP contribution in [0.2, 0.25) is 0 Å². The van der Waals surface area contributed by atoms with Crippen molar-refractivity contribution in [2.75, 3.05) is 20.1 Å². The zero-order valence-corrected chi connectivity index (χ0v) is 13.6. The maximum atomic E-state index is 4.19. The molecule has 17 heavy (non-hydrogen) atoms. The Hall–Kier alpha value is 0. The van der Waals surface area contributed by atoms with Gasteiger partial charge in [-0.05, 0) is 25.2 Å². The molecule has 0 bridgehead atoms. The average Bonchev–Trinajstić information content (AvgIpc) is 2.81. The molecular weight excluding hydrogens is 325 g/mol. The Labute approximate surface area is 123 Å². The van der Waals surface area contributed by atoms with E-state index in [0.717, 1.165) is 31.4 Å². The molecule has 0 atom stereocenters. The van der Waals surface area contributed by atoms with Crippen molar-refractivity contribution >= 4 is 29.9 Å². The lowest BCUT2D eigenvalue weighted by Gasteiger charge is -2.12. The van der Waals surface area contributed by atoms with Crippen molar-refractivity contribution < 1.29 is 0 Å². The molecule has 0 unspecified atom stereocenters. The van der Waals surface area contributed by atoms with E-state index in [1.807, 2.05) is 7.05 Å². The predicted octanol–water partition coefficient (Wildman–Crippen LogP) is 3.15. The molecular formula is C13H28IN3. The van der Waals surface area contributed by atoms with Crippen molar-refractivity contribution in [3.63, 3.8) is 0 Å². The van der Waals surface area contributed by atoms with Gasteiger partial charge in [0.1, 0.15) is 0 Å². The van der Waals surface area contributed by atoms with Gasteiger partial charge >= 0.3 is 0 Å². The van der Waals surface area contributed by atoms with Crippen LogP contribution >= 0.6 is 24.0 Å². The number of hydrogen-bond donors (Lipinski definition) is 2. The molecule has 3 nitrogen and oxygen atoms in total. The quantitative estimate of drug-likeness (QED) is 0.333. The van der Waals surface area contributed by atoms with E-state index in [4.69, 9.17) is 0 Å². The van der Waals surface area contributed by atoms with Gasteiger partial charge in [-0.25, -0.2) is 0 Å². The second-order valence-corrected chi connectivity index (χ2v) is 4.72. The molecule has 0 heterocycles. The standard InChI is InChI=1S/C13H27N3.HI/c1-3-10-15-13(14-2)16-11-6-9-12-7-4-5-8-12;/h12H,3-11H2,1-2H3,(H2,14,15,16);1H. The lowest BCUT2D eigenvalue weighted by atomic mass is 10.0. The molecule has 0 aromatic rings. The smallest absolute Gasteiger partial charge is 0.190 e. The SMILES string of the molecule is CCCNC(=NC)NCCCC1CCCC1.I. The summed E-state index contributed by atoms with van der Waals surface area (Å²) in [5, 5.41) is 6.65. The van der Waals surface area contributed by atoms with Crippen LogP contribution < -0.4 is 10.6 Å². The number of rotatable bonds is 6. The highest BCUT2D eigenvalue weighted by Crippen LogP contribution is 2.28. The first-order valence-corrected chi connectivity index (χ1v) is 6.81. The molecule has 0 aliphatic heterocycles. The molecule has 1 fully saturated rings. The minimum absolute atomic E-state index is 0. The molecule has 102 valence electrons. The Balaban J connectivity index is 0.00000256. The number of nitrogens with zero attached hydrogens (tertiary/aromatic N) is 1. The zero-order chi connectivity index (χ0) is 11.6. The van der Waals surface area contributed by atoms with Gasteiger partial charge in [0.25, 0.3) is 0 Å². The third-order valence-corrected chi connectivity index (χ3v) is 3.32. The van der Waals surface area contributed by atoms with Gasteiger partial charge < -0.3 is 10.6 Å². The molecule has 0 amide bonds. The summed E-state index contributed by atoms with van der Waals surface area (Å²) < 4.78 is 0. The predicted molar refractivity (Wildman–Crippen MR) is 86.3 cm³/mol. The van der Waals surface area contributed by atoms with Crippen LogP contribution in [-0.4, -0.2) is 26.1 Å². The normalized spacial score (nSPS) is 16.7. The van der Waals surface area contributed by atoms with Gasteiger partial charge in [0.05, 0.1) is 0 Å². The Bertz CT molecular complexity index is 201. The number of guanidine groups is 1. The van der Waals surface area contributed by atoms with Crippen molar-refractivity contribution in [1.29, 1.82) is 0 Å². The van der Waals surface area contributed by atoms with Crippen LogP contribution in [0.4, 0.5) is 0 Å². The monoisotopic (exact) mass is 353 g/mol. The van der Waals surface area contributed by atoms with Crippen LogP contribution in [0, 0.1) is 5.92 Å². The second kappa shape index (κ2) is 11.1. The van der Waals surface area contributed by atoms with E-state index in [-0.39, 0.29) is 24.0 Å². The lowest BCUT2D eigenvalue weighted by molar-refractivity contribution is 0.481. The van der Waals surface area contributed by atoms with Gasteiger partial charge in [0.2, 0.25) is 0 Å². The van der Waals surface area contributed by atoms with Crippen LogP contribution in [0.25, 0.3) is 0 Å². The molecule has 2 N–H and O–H groups in total. The van der Waals surface area contributed by atoms with Crippen LogP contribution in [-0.2, 0) is 0 Å². The summed E-state index contributed by atoms with van der Waals surface area (Å²) in [5.41, 5.74) is 0. The molecule has 0 aromatic heterocycles. The average molecular weight is 353 g/mol.